The van der Waals surface area contributed by atoms with Crippen molar-refractivity contribution >= 4 is 15.9 Å². The molecule has 134 valence electrons. The lowest BCUT2D eigenvalue weighted by molar-refractivity contribution is 0.0916. The van der Waals surface area contributed by atoms with Crippen LogP contribution in [0.4, 0.5) is 0 Å². The first kappa shape index (κ1) is 18.7. The van der Waals surface area contributed by atoms with Crippen molar-refractivity contribution in [1.82, 2.24) is 14.9 Å². The van der Waals surface area contributed by atoms with Gasteiger partial charge in [-0.1, -0.05) is 6.92 Å². The zero-order valence-electron chi connectivity index (χ0n) is 14.3. The molecule has 1 aromatic rings. The average molecular weight is 355 g/mol. The lowest BCUT2D eigenvalue weighted by atomic mass is 10.0. The summed E-state index contributed by atoms with van der Waals surface area (Å²) in [5, 5.41) is 2.98. The van der Waals surface area contributed by atoms with Gasteiger partial charge in [0.05, 0.1) is 7.11 Å². The second-order valence-corrected chi connectivity index (χ2v) is 7.65. The lowest BCUT2D eigenvalue weighted by Gasteiger charge is -2.29. The molecule has 0 bridgehead atoms. The summed E-state index contributed by atoms with van der Waals surface area (Å²) in [6.07, 6.45) is 1.78. The molecule has 0 aromatic heterocycles. The van der Waals surface area contributed by atoms with Crippen molar-refractivity contribution in [3.8, 4) is 5.75 Å². The van der Waals surface area contributed by atoms with Crippen LogP contribution in [-0.4, -0.2) is 59.1 Å². The molecule has 24 heavy (non-hydrogen) atoms. The Bertz CT molecular complexity index is 683. The van der Waals surface area contributed by atoms with Gasteiger partial charge >= 0.3 is 0 Å². The molecule has 0 atom stereocenters. The maximum absolute atomic E-state index is 12.5. The Morgan fingerprint density at radius 2 is 2.00 bits per heavy atom. The van der Waals surface area contributed by atoms with E-state index in [0.717, 1.165) is 25.9 Å². The number of rotatable bonds is 6. The number of carbonyl (C=O) groups excluding carboxylic acids is 1. The third-order valence-corrected chi connectivity index (χ3v) is 5.67. The highest BCUT2D eigenvalue weighted by molar-refractivity contribution is 7.89. The number of nitrogens with one attached hydrogen (secondary N) is 2. The van der Waals surface area contributed by atoms with Crippen LogP contribution in [0.5, 0.6) is 5.75 Å². The SMILES string of the molecule is CCNS(=O)(=O)c1cc(C(=O)NC2CCN(C)CC2)ccc1OC. The Kier molecular flexibility index (Phi) is 6.20. The highest BCUT2D eigenvalue weighted by Gasteiger charge is 2.23. The van der Waals surface area contributed by atoms with Crippen LogP contribution in [0.15, 0.2) is 23.1 Å². The molecule has 0 saturated carbocycles. The molecule has 1 aliphatic heterocycles. The normalized spacial score (nSPS) is 16.8. The fourth-order valence-electron chi connectivity index (χ4n) is 2.72. The molecule has 1 aromatic carbocycles. The van der Waals surface area contributed by atoms with Crippen molar-refractivity contribution < 1.29 is 17.9 Å². The Morgan fingerprint density at radius 3 is 2.58 bits per heavy atom. The van der Waals surface area contributed by atoms with Gasteiger partial charge in [0.25, 0.3) is 5.91 Å². The summed E-state index contributed by atoms with van der Waals surface area (Å²) >= 11 is 0. The molecule has 2 N–H and O–H groups in total. The molecule has 0 spiro atoms. The summed E-state index contributed by atoms with van der Waals surface area (Å²) < 4.78 is 32.1. The minimum absolute atomic E-state index is 0.0251. The first-order valence-electron chi connectivity index (χ1n) is 8.04. The van der Waals surface area contributed by atoms with Gasteiger partial charge in [-0.25, -0.2) is 13.1 Å². The van der Waals surface area contributed by atoms with Crippen LogP contribution in [0.1, 0.15) is 30.1 Å². The third-order valence-electron chi connectivity index (χ3n) is 4.10. The highest BCUT2D eigenvalue weighted by Crippen LogP contribution is 2.25. The van der Waals surface area contributed by atoms with Gasteiger partial charge in [0.15, 0.2) is 0 Å². The Labute approximate surface area is 143 Å². The van der Waals surface area contributed by atoms with Crippen LogP contribution in [0.2, 0.25) is 0 Å². The molecule has 1 saturated heterocycles. The van der Waals surface area contributed by atoms with E-state index in [4.69, 9.17) is 4.74 Å². The van der Waals surface area contributed by atoms with Crippen molar-refractivity contribution in [1.29, 1.82) is 0 Å². The van der Waals surface area contributed by atoms with Gasteiger partial charge in [-0.3, -0.25) is 4.79 Å². The smallest absolute Gasteiger partial charge is 0.251 e. The summed E-state index contributed by atoms with van der Waals surface area (Å²) in [7, 11) is -0.255. The number of hydrogen-bond acceptors (Lipinski definition) is 5. The fraction of sp³-hybridized carbons (Fsp3) is 0.562. The summed E-state index contributed by atoms with van der Waals surface area (Å²) in [6.45, 7) is 3.83. The van der Waals surface area contributed by atoms with E-state index in [9.17, 15) is 13.2 Å². The number of hydrogen-bond donors (Lipinski definition) is 2. The van der Waals surface area contributed by atoms with Gasteiger partial charge < -0.3 is 15.0 Å². The molecule has 2 rings (SSSR count). The molecule has 8 heteroatoms. The van der Waals surface area contributed by atoms with Gasteiger partial charge in [0, 0.05) is 18.2 Å². The standard InChI is InChI=1S/C16H25N3O4S/c1-4-17-24(21,22)15-11-12(5-6-14(15)23-3)16(20)18-13-7-9-19(2)10-8-13/h5-6,11,13,17H,4,7-10H2,1-3H3,(H,18,20). The summed E-state index contributed by atoms with van der Waals surface area (Å²) in [5.74, 6) is -0.0491. The van der Waals surface area contributed by atoms with E-state index in [0.29, 0.717) is 5.56 Å². The highest BCUT2D eigenvalue weighted by atomic mass is 32.2. The van der Waals surface area contributed by atoms with Crippen LogP contribution in [-0.2, 0) is 10.0 Å². The number of ether oxygens (including phenoxy) is 1. The van der Waals surface area contributed by atoms with E-state index >= 15 is 0 Å². The average Bonchev–Trinajstić information content (AvgIpc) is 2.56. The van der Waals surface area contributed by atoms with Crippen LogP contribution in [0, 0.1) is 0 Å². The van der Waals surface area contributed by atoms with Gasteiger partial charge in [0.2, 0.25) is 10.0 Å². The van der Waals surface area contributed by atoms with E-state index in [1.807, 2.05) is 0 Å². The first-order valence-corrected chi connectivity index (χ1v) is 9.52. The van der Waals surface area contributed by atoms with Gasteiger partial charge in [-0.15, -0.1) is 0 Å². The Hall–Kier alpha value is -1.64. The molecular weight excluding hydrogens is 330 g/mol. The van der Waals surface area contributed by atoms with Gasteiger partial charge in [-0.05, 0) is 51.2 Å². The molecule has 1 heterocycles. The van der Waals surface area contributed by atoms with E-state index in [-0.39, 0.29) is 29.1 Å². The van der Waals surface area contributed by atoms with E-state index < -0.39 is 10.0 Å². The number of nitrogens with zero attached hydrogens (tertiary/aromatic N) is 1. The van der Waals surface area contributed by atoms with Crippen LogP contribution < -0.4 is 14.8 Å². The molecule has 0 unspecified atom stereocenters. The quantitative estimate of drug-likeness (QED) is 0.789. The predicted octanol–water partition coefficient (Wildman–Crippen LogP) is 0.817. The third kappa shape index (κ3) is 4.46. The van der Waals surface area contributed by atoms with Crippen molar-refractivity contribution in [3.05, 3.63) is 23.8 Å². The second-order valence-electron chi connectivity index (χ2n) is 5.92. The van der Waals surface area contributed by atoms with Crippen molar-refractivity contribution in [2.45, 2.75) is 30.7 Å². The molecule has 0 radical (unpaired) electrons. The topological polar surface area (TPSA) is 87.7 Å². The number of likely N-dealkylation sites (tertiary alicyclic amines) is 1. The van der Waals surface area contributed by atoms with Crippen LogP contribution in [0.3, 0.4) is 0 Å². The molecule has 1 aliphatic rings. The van der Waals surface area contributed by atoms with E-state index in [1.165, 1.54) is 19.2 Å². The van der Waals surface area contributed by atoms with E-state index in [2.05, 4.69) is 22.0 Å². The minimum atomic E-state index is -3.71. The molecule has 1 amide bonds. The lowest BCUT2D eigenvalue weighted by Crippen LogP contribution is -2.43. The predicted molar refractivity (Wildman–Crippen MR) is 91.8 cm³/mol. The maximum atomic E-state index is 12.5. The van der Waals surface area contributed by atoms with Crippen molar-refractivity contribution in [3.63, 3.8) is 0 Å². The van der Waals surface area contributed by atoms with Gasteiger partial charge in [-0.2, -0.15) is 0 Å². The van der Waals surface area contributed by atoms with Crippen LogP contribution >= 0.6 is 0 Å². The number of sulfonamides is 1. The van der Waals surface area contributed by atoms with Crippen molar-refractivity contribution in [2.24, 2.45) is 0 Å². The molecule has 1 fully saturated rings. The summed E-state index contributed by atoms with van der Waals surface area (Å²) in [4.78, 5) is 14.6. The summed E-state index contributed by atoms with van der Waals surface area (Å²) in [6, 6.07) is 4.56. The molecular formula is C16H25N3O4S. The summed E-state index contributed by atoms with van der Waals surface area (Å²) in [5.41, 5.74) is 0.311. The Balaban J connectivity index is 2.20. The van der Waals surface area contributed by atoms with E-state index in [1.54, 1.807) is 13.0 Å². The maximum Gasteiger partial charge on any atom is 0.251 e. The largest absolute Gasteiger partial charge is 0.495 e. The zero-order chi connectivity index (χ0) is 17.7. The number of methoxy groups -OCH3 is 1. The fourth-order valence-corrected chi connectivity index (χ4v) is 3.95. The second kappa shape index (κ2) is 7.96. The number of carbonyl (C=O) groups is 1. The zero-order valence-corrected chi connectivity index (χ0v) is 15.1. The number of amides is 1. The van der Waals surface area contributed by atoms with Gasteiger partial charge in [0.1, 0.15) is 10.6 Å². The monoisotopic (exact) mass is 355 g/mol. The number of piperidine rings is 1. The number of benzene rings is 1. The molecule has 0 aliphatic carbocycles. The Morgan fingerprint density at radius 1 is 1.33 bits per heavy atom. The van der Waals surface area contributed by atoms with Crippen molar-refractivity contribution in [2.75, 3.05) is 33.8 Å². The van der Waals surface area contributed by atoms with Crippen LogP contribution in [0.25, 0.3) is 0 Å². The molecule has 7 nitrogen and oxygen atoms in total. The minimum Gasteiger partial charge on any atom is -0.495 e. The first-order chi connectivity index (χ1) is 11.4.